The Kier molecular flexibility index (Phi) is 3.87. The number of alkyl halides is 1. The molecule has 0 unspecified atom stereocenters. The molecule has 0 aliphatic carbocycles. The van der Waals surface area contributed by atoms with Gasteiger partial charge in [-0.2, -0.15) is 0 Å². The second-order valence-electron chi connectivity index (χ2n) is 2.99. The predicted molar refractivity (Wildman–Crippen MR) is 50.9 cm³/mol. The highest BCUT2D eigenvalue weighted by atomic mass is 79.9. The second-order valence-corrected chi connectivity index (χ2v) is 6.80. The van der Waals surface area contributed by atoms with Crippen LogP contribution in [0.3, 0.4) is 0 Å². The van der Waals surface area contributed by atoms with Crippen molar-refractivity contribution < 1.29 is 13.2 Å². The highest BCUT2D eigenvalue weighted by Crippen LogP contribution is 2.16. The van der Waals surface area contributed by atoms with Gasteiger partial charge in [-0.05, 0) is 13.8 Å². The van der Waals surface area contributed by atoms with Gasteiger partial charge in [0.25, 0.3) is 0 Å². The molecule has 12 heavy (non-hydrogen) atoms. The van der Waals surface area contributed by atoms with Gasteiger partial charge in [0.1, 0.15) is 0 Å². The van der Waals surface area contributed by atoms with Crippen molar-refractivity contribution in [1.82, 2.24) is 4.72 Å². The third-order valence-electron chi connectivity index (χ3n) is 1.16. The third kappa shape index (κ3) is 5.68. The minimum atomic E-state index is -3.27. The molecule has 0 aliphatic heterocycles. The van der Waals surface area contributed by atoms with Gasteiger partial charge in [-0.25, -0.2) is 13.1 Å². The summed E-state index contributed by atoms with van der Waals surface area (Å²) >= 11 is 3.13. The van der Waals surface area contributed by atoms with Crippen molar-refractivity contribution in [3.05, 3.63) is 0 Å². The Hall–Kier alpha value is 0.0600. The summed E-state index contributed by atoms with van der Waals surface area (Å²) in [5, 5.41) is 0. The van der Waals surface area contributed by atoms with Crippen LogP contribution in [0.2, 0.25) is 0 Å². The Morgan fingerprint density at radius 1 is 1.50 bits per heavy atom. The summed E-state index contributed by atoms with van der Waals surface area (Å²) in [6.45, 7) is 3.16. The smallest absolute Gasteiger partial charge is 0.209 e. The van der Waals surface area contributed by atoms with Gasteiger partial charge in [0.2, 0.25) is 10.0 Å². The van der Waals surface area contributed by atoms with E-state index >= 15 is 0 Å². The molecule has 0 saturated heterocycles. The van der Waals surface area contributed by atoms with E-state index in [4.69, 9.17) is 0 Å². The van der Waals surface area contributed by atoms with Gasteiger partial charge in [-0.1, -0.05) is 15.9 Å². The largest absolute Gasteiger partial charge is 0.297 e. The average molecular weight is 258 g/mol. The molecule has 0 aromatic heterocycles. The number of carbonyl (C=O) groups is 1. The minimum absolute atomic E-state index is 0.170. The molecule has 72 valence electrons. The van der Waals surface area contributed by atoms with E-state index < -0.39 is 14.3 Å². The number of hydrogen-bond donors (Lipinski definition) is 1. The van der Waals surface area contributed by atoms with Crippen LogP contribution in [0.1, 0.15) is 13.8 Å². The number of halogens is 1. The van der Waals surface area contributed by atoms with Crippen molar-refractivity contribution in [2.24, 2.45) is 0 Å². The lowest BCUT2D eigenvalue weighted by atomic mass is 10.1. The molecule has 0 radical (unpaired) electrons. The molecule has 0 rings (SSSR count). The van der Waals surface area contributed by atoms with E-state index in [1.165, 1.54) is 0 Å². The second kappa shape index (κ2) is 3.85. The maximum absolute atomic E-state index is 11.1. The number of ketones is 1. The van der Waals surface area contributed by atoms with Gasteiger partial charge in [0.15, 0.2) is 5.78 Å². The molecule has 0 aromatic carbocycles. The SMILES string of the molecule is CC(C)(Br)C(=O)CNS(C)(=O)=O. The summed E-state index contributed by atoms with van der Waals surface area (Å²) in [4.78, 5) is 11.1. The third-order valence-corrected chi connectivity index (χ3v) is 2.27. The fourth-order valence-corrected chi connectivity index (χ4v) is 0.940. The highest BCUT2D eigenvalue weighted by molar-refractivity contribution is 9.10. The standard InChI is InChI=1S/C6H12BrNO3S/c1-6(2,7)5(9)4-8-12(3,10)11/h8H,4H2,1-3H3. The fraction of sp³-hybridized carbons (Fsp3) is 0.833. The molecule has 0 aliphatic rings. The van der Waals surface area contributed by atoms with Gasteiger partial charge >= 0.3 is 0 Å². The Morgan fingerprint density at radius 2 is 1.92 bits per heavy atom. The summed E-state index contributed by atoms with van der Waals surface area (Å²) in [7, 11) is -3.27. The van der Waals surface area contributed by atoms with Gasteiger partial charge in [0, 0.05) is 0 Å². The zero-order valence-electron chi connectivity index (χ0n) is 7.22. The maximum atomic E-state index is 11.1. The first-order valence-corrected chi connectivity index (χ1v) is 5.98. The van der Waals surface area contributed by atoms with Crippen LogP contribution in [0.5, 0.6) is 0 Å². The number of carbonyl (C=O) groups excluding carboxylic acids is 1. The first kappa shape index (κ1) is 12.1. The van der Waals surface area contributed by atoms with Crippen molar-refractivity contribution in [3.8, 4) is 0 Å². The zero-order valence-corrected chi connectivity index (χ0v) is 9.62. The number of sulfonamides is 1. The van der Waals surface area contributed by atoms with E-state index in [1.807, 2.05) is 0 Å². The molecule has 0 fully saturated rings. The van der Waals surface area contributed by atoms with Crippen LogP contribution < -0.4 is 4.72 Å². The van der Waals surface area contributed by atoms with Gasteiger partial charge in [-0.15, -0.1) is 0 Å². The van der Waals surface area contributed by atoms with E-state index in [9.17, 15) is 13.2 Å². The Labute approximate surface area is 80.9 Å². The van der Waals surface area contributed by atoms with Crippen molar-refractivity contribution >= 4 is 31.7 Å². The first-order valence-electron chi connectivity index (χ1n) is 3.30. The molecule has 0 amide bonds. The van der Waals surface area contributed by atoms with Crippen LogP contribution in [0.4, 0.5) is 0 Å². The summed E-state index contributed by atoms with van der Waals surface area (Å²) < 4.78 is 22.6. The lowest BCUT2D eigenvalue weighted by molar-refractivity contribution is -0.119. The van der Waals surface area contributed by atoms with E-state index in [0.717, 1.165) is 6.26 Å². The van der Waals surface area contributed by atoms with Crippen molar-refractivity contribution in [3.63, 3.8) is 0 Å². The topological polar surface area (TPSA) is 63.2 Å². The monoisotopic (exact) mass is 257 g/mol. The van der Waals surface area contributed by atoms with Crippen LogP contribution in [0.25, 0.3) is 0 Å². The molecule has 0 atom stereocenters. The molecule has 1 N–H and O–H groups in total. The summed E-state index contributed by atoms with van der Waals surface area (Å²) in [6, 6.07) is 0. The maximum Gasteiger partial charge on any atom is 0.209 e. The molecular weight excluding hydrogens is 246 g/mol. The average Bonchev–Trinajstić information content (AvgIpc) is 1.78. The minimum Gasteiger partial charge on any atom is -0.297 e. The fourth-order valence-electron chi connectivity index (χ4n) is 0.407. The predicted octanol–water partition coefficient (Wildman–Crippen LogP) is 0.278. The number of hydrogen-bond acceptors (Lipinski definition) is 3. The molecule has 4 nitrogen and oxygen atoms in total. The number of nitrogens with one attached hydrogen (secondary N) is 1. The van der Waals surface area contributed by atoms with Gasteiger partial charge in [0.05, 0.1) is 17.1 Å². The molecule has 6 heteroatoms. The molecule has 0 saturated carbocycles. The molecule has 0 aromatic rings. The number of rotatable bonds is 4. The molecule has 0 spiro atoms. The lowest BCUT2D eigenvalue weighted by Gasteiger charge is -2.13. The molecule has 0 bridgehead atoms. The highest BCUT2D eigenvalue weighted by Gasteiger charge is 2.23. The zero-order chi connectivity index (χ0) is 9.99. The Morgan fingerprint density at radius 3 is 2.17 bits per heavy atom. The van der Waals surface area contributed by atoms with E-state index in [1.54, 1.807) is 13.8 Å². The van der Waals surface area contributed by atoms with Crippen molar-refractivity contribution in [1.29, 1.82) is 0 Å². The van der Waals surface area contributed by atoms with Crippen molar-refractivity contribution in [2.45, 2.75) is 18.2 Å². The van der Waals surface area contributed by atoms with Crippen LogP contribution >= 0.6 is 15.9 Å². The summed E-state index contributed by atoms with van der Waals surface area (Å²) in [6.07, 6.45) is 1.02. The van der Waals surface area contributed by atoms with E-state index in [0.29, 0.717) is 0 Å². The van der Waals surface area contributed by atoms with Crippen LogP contribution in [-0.4, -0.2) is 31.3 Å². The Balaban J connectivity index is 4.07. The molecular formula is C6H12BrNO3S. The van der Waals surface area contributed by atoms with Crippen LogP contribution in [0, 0.1) is 0 Å². The van der Waals surface area contributed by atoms with E-state index in [2.05, 4.69) is 20.7 Å². The lowest BCUT2D eigenvalue weighted by Crippen LogP contribution is -2.36. The van der Waals surface area contributed by atoms with E-state index in [-0.39, 0.29) is 12.3 Å². The first-order chi connectivity index (χ1) is 5.13. The Bertz CT molecular complexity index is 265. The quantitative estimate of drug-likeness (QED) is 0.736. The van der Waals surface area contributed by atoms with Crippen molar-refractivity contribution in [2.75, 3.05) is 12.8 Å². The molecule has 0 heterocycles. The number of Topliss-reactive ketones (excluding diaryl/α,β-unsaturated/α-hetero) is 1. The normalized spacial score (nSPS) is 13.0. The van der Waals surface area contributed by atoms with Gasteiger partial charge < -0.3 is 0 Å². The van der Waals surface area contributed by atoms with Gasteiger partial charge in [-0.3, -0.25) is 4.79 Å². The van der Waals surface area contributed by atoms with Crippen LogP contribution in [0.15, 0.2) is 0 Å². The summed E-state index contributed by atoms with van der Waals surface area (Å²) in [5.74, 6) is -0.201. The summed E-state index contributed by atoms with van der Waals surface area (Å²) in [5.41, 5.74) is 0. The van der Waals surface area contributed by atoms with Crippen LogP contribution in [-0.2, 0) is 14.8 Å².